The maximum atomic E-state index is 12.3. The number of carboxylic acid groups (broad SMARTS) is 1. The Morgan fingerprint density at radius 2 is 2.00 bits per heavy atom. The van der Waals surface area contributed by atoms with Gasteiger partial charge < -0.3 is 10.4 Å². The molecule has 1 fully saturated rings. The van der Waals surface area contributed by atoms with Crippen LogP contribution < -0.4 is 5.32 Å². The monoisotopic (exact) mass is 317 g/mol. The summed E-state index contributed by atoms with van der Waals surface area (Å²) in [6, 6.07) is 8.81. The van der Waals surface area contributed by atoms with Crippen LogP contribution in [0.2, 0.25) is 0 Å². The fourth-order valence-corrected chi connectivity index (χ4v) is 4.09. The van der Waals surface area contributed by atoms with E-state index in [2.05, 4.69) is 5.32 Å². The average Bonchev–Trinajstić information content (AvgIpc) is 3.15. The maximum absolute atomic E-state index is 12.3. The van der Waals surface area contributed by atoms with E-state index in [4.69, 9.17) is 0 Å². The molecule has 4 nitrogen and oxygen atoms in total. The van der Waals surface area contributed by atoms with E-state index in [1.54, 1.807) is 0 Å². The molecule has 0 aliphatic heterocycles. The Bertz CT molecular complexity index is 655. The first kappa shape index (κ1) is 15.0. The first-order valence-corrected chi connectivity index (χ1v) is 8.47. The van der Waals surface area contributed by atoms with Crippen molar-refractivity contribution in [3.05, 3.63) is 35.2 Å². The van der Waals surface area contributed by atoms with Crippen LogP contribution in [0.3, 0.4) is 0 Å². The fourth-order valence-electron chi connectivity index (χ4n) is 3.12. The van der Waals surface area contributed by atoms with Gasteiger partial charge in [-0.2, -0.15) is 0 Å². The van der Waals surface area contributed by atoms with E-state index in [-0.39, 0.29) is 5.91 Å². The van der Waals surface area contributed by atoms with E-state index in [1.807, 2.05) is 30.3 Å². The van der Waals surface area contributed by atoms with E-state index in [9.17, 15) is 14.7 Å². The minimum absolute atomic E-state index is 0.286. The second kappa shape index (κ2) is 6.48. The van der Waals surface area contributed by atoms with Crippen molar-refractivity contribution < 1.29 is 14.7 Å². The number of hydrogen-bond donors (Lipinski definition) is 2. The number of fused-ring (bicyclic) bond motifs is 1. The number of carboxylic acids is 1. The summed E-state index contributed by atoms with van der Waals surface area (Å²) in [5, 5.41) is 13.1. The van der Waals surface area contributed by atoms with E-state index in [1.165, 1.54) is 24.2 Å². The predicted molar refractivity (Wildman–Crippen MR) is 87.3 cm³/mol. The van der Waals surface area contributed by atoms with Crippen LogP contribution in [0.1, 0.15) is 41.8 Å². The lowest BCUT2D eigenvalue weighted by atomic mass is 9.98. The highest BCUT2D eigenvalue weighted by molar-refractivity contribution is 7.20. The van der Waals surface area contributed by atoms with Gasteiger partial charge in [0.25, 0.3) is 5.91 Å². The molecule has 1 aliphatic carbocycles. The third kappa shape index (κ3) is 3.30. The van der Waals surface area contributed by atoms with Crippen LogP contribution >= 0.6 is 11.3 Å². The molecule has 0 spiro atoms. The fraction of sp³-hybridized carbons (Fsp3) is 0.412. The Labute approximate surface area is 133 Å². The highest BCUT2D eigenvalue weighted by atomic mass is 32.1. The zero-order chi connectivity index (χ0) is 15.5. The summed E-state index contributed by atoms with van der Waals surface area (Å²) in [7, 11) is 0. The van der Waals surface area contributed by atoms with Crippen molar-refractivity contribution in [1.29, 1.82) is 0 Å². The third-order valence-electron chi connectivity index (χ3n) is 4.30. The second-order valence-corrected chi connectivity index (χ2v) is 6.98. The van der Waals surface area contributed by atoms with Gasteiger partial charge in [-0.3, -0.25) is 4.79 Å². The van der Waals surface area contributed by atoms with Crippen molar-refractivity contribution in [2.75, 3.05) is 0 Å². The maximum Gasteiger partial charge on any atom is 0.326 e. The topological polar surface area (TPSA) is 66.4 Å². The first-order valence-electron chi connectivity index (χ1n) is 7.66. The largest absolute Gasteiger partial charge is 0.480 e. The summed E-state index contributed by atoms with van der Waals surface area (Å²) in [6.45, 7) is 0. The Kier molecular flexibility index (Phi) is 4.43. The Hall–Kier alpha value is -1.88. The van der Waals surface area contributed by atoms with Crippen molar-refractivity contribution in [3.8, 4) is 0 Å². The molecule has 1 saturated carbocycles. The number of benzene rings is 1. The van der Waals surface area contributed by atoms with Gasteiger partial charge in [0.1, 0.15) is 6.04 Å². The molecule has 1 aromatic carbocycles. The van der Waals surface area contributed by atoms with Crippen LogP contribution in [-0.2, 0) is 4.79 Å². The molecule has 0 saturated heterocycles. The summed E-state index contributed by atoms with van der Waals surface area (Å²) < 4.78 is 1.04. The molecule has 0 radical (unpaired) electrons. The van der Waals surface area contributed by atoms with Crippen molar-refractivity contribution in [2.24, 2.45) is 5.92 Å². The van der Waals surface area contributed by atoms with Gasteiger partial charge in [0.2, 0.25) is 0 Å². The highest BCUT2D eigenvalue weighted by Gasteiger charge is 2.27. The minimum Gasteiger partial charge on any atom is -0.480 e. The van der Waals surface area contributed by atoms with Gasteiger partial charge in [-0.1, -0.05) is 43.9 Å². The number of carbonyl (C=O) groups excluding carboxylic acids is 1. The summed E-state index contributed by atoms with van der Waals surface area (Å²) in [4.78, 5) is 24.3. The Morgan fingerprint density at radius 1 is 1.27 bits per heavy atom. The minimum atomic E-state index is -0.943. The molecule has 1 aliphatic rings. The van der Waals surface area contributed by atoms with Crippen LogP contribution in [0.4, 0.5) is 0 Å². The Balaban J connectivity index is 1.71. The van der Waals surface area contributed by atoms with Gasteiger partial charge in [0.05, 0.1) is 4.88 Å². The number of hydrogen-bond acceptors (Lipinski definition) is 3. The molecule has 5 heteroatoms. The number of amides is 1. The number of carbonyl (C=O) groups is 2. The van der Waals surface area contributed by atoms with Crippen molar-refractivity contribution in [3.63, 3.8) is 0 Å². The molecule has 1 heterocycles. The number of aliphatic carboxylic acids is 1. The molecule has 2 N–H and O–H groups in total. The van der Waals surface area contributed by atoms with E-state index in [0.29, 0.717) is 17.2 Å². The van der Waals surface area contributed by atoms with Crippen LogP contribution in [0.5, 0.6) is 0 Å². The van der Waals surface area contributed by atoms with E-state index >= 15 is 0 Å². The van der Waals surface area contributed by atoms with Gasteiger partial charge in [-0.25, -0.2) is 4.79 Å². The molecular formula is C17H19NO3S. The smallest absolute Gasteiger partial charge is 0.326 e. The van der Waals surface area contributed by atoms with E-state index < -0.39 is 12.0 Å². The lowest BCUT2D eigenvalue weighted by Crippen LogP contribution is -2.41. The van der Waals surface area contributed by atoms with Gasteiger partial charge in [0.15, 0.2) is 0 Å². The summed E-state index contributed by atoms with van der Waals surface area (Å²) in [5.41, 5.74) is 0. The van der Waals surface area contributed by atoms with Crippen LogP contribution in [0.15, 0.2) is 30.3 Å². The first-order chi connectivity index (χ1) is 10.6. The summed E-state index contributed by atoms with van der Waals surface area (Å²) >= 11 is 1.40. The quantitative estimate of drug-likeness (QED) is 0.884. The highest BCUT2D eigenvalue weighted by Crippen LogP contribution is 2.29. The van der Waals surface area contributed by atoms with Gasteiger partial charge >= 0.3 is 5.97 Å². The number of nitrogens with one attached hydrogen (secondary N) is 1. The normalized spacial score (nSPS) is 16.7. The lowest BCUT2D eigenvalue weighted by Gasteiger charge is -2.17. The second-order valence-electron chi connectivity index (χ2n) is 5.90. The number of thiophene rings is 1. The van der Waals surface area contributed by atoms with Crippen molar-refractivity contribution in [2.45, 2.75) is 38.1 Å². The summed E-state index contributed by atoms with van der Waals surface area (Å²) in [5.74, 6) is -0.809. The molecule has 2 aromatic rings. The van der Waals surface area contributed by atoms with Crippen LogP contribution in [0.25, 0.3) is 10.1 Å². The number of rotatable bonds is 5. The van der Waals surface area contributed by atoms with Gasteiger partial charge in [-0.05, 0) is 29.9 Å². The third-order valence-corrected chi connectivity index (χ3v) is 5.41. The van der Waals surface area contributed by atoms with Crippen LogP contribution in [-0.4, -0.2) is 23.0 Å². The molecule has 0 unspecified atom stereocenters. The molecule has 0 bridgehead atoms. The average molecular weight is 317 g/mol. The molecule has 1 aromatic heterocycles. The molecule has 3 rings (SSSR count). The molecule has 22 heavy (non-hydrogen) atoms. The van der Waals surface area contributed by atoms with Crippen molar-refractivity contribution >= 4 is 33.3 Å². The predicted octanol–water partition coefficient (Wildman–Crippen LogP) is 3.66. The molecule has 1 atom stereocenters. The Morgan fingerprint density at radius 3 is 2.68 bits per heavy atom. The van der Waals surface area contributed by atoms with E-state index in [0.717, 1.165) is 22.9 Å². The van der Waals surface area contributed by atoms with Gasteiger partial charge in [0, 0.05) is 4.70 Å². The van der Waals surface area contributed by atoms with Crippen molar-refractivity contribution in [1.82, 2.24) is 5.32 Å². The molecule has 116 valence electrons. The zero-order valence-corrected chi connectivity index (χ0v) is 13.1. The zero-order valence-electron chi connectivity index (χ0n) is 12.2. The molecular weight excluding hydrogens is 298 g/mol. The lowest BCUT2D eigenvalue weighted by molar-refractivity contribution is -0.139. The van der Waals surface area contributed by atoms with Gasteiger partial charge in [-0.15, -0.1) is 11.3 Å². The standard InChI is InChI=1S/C17H19NO3S/c19-16(15-10-12-7-3-4-8-14(12)22-15)18-13(17(20)21)9-11-5-1-2-6-11/h3-4,7-8,10-11,13H,1-2,5-6,9H2,(H,18,19)(H,20,21)/t13-/m0/s1. The SMILES string of the molecule is O=C(N[C@@H](CC1CCCC1)C(=O)O)c1cc2ccccc2s1. The van der Waals surface area contributed by atoms with Crippen LogP contribution in [0, 0.1) is 5.92 Å². The molecule has 1 amide bonds. The summed E-state index contributed by atoms with van der Waals surface area (Å²) in [6.07, 6.45) is 5.01.